The fourth-order valence-corrected chi connectivity index (χ4v) is 2.78. The lowest BCUT2D eigenvalue weighted by Gasteiger charge is -2.05. The molecule has 108 valence electrons. The predicted molar refractivity (Wildman–Crippen MR) is 69.0 cm³/mol. The number of nitrogens with zero attached hydrogens (tertiary/aromatic N) is 1. The van der Waals surface area contributed by atoms with E-state index in [4.69, 9.17) is 0 Å². The number of ether oxygens (including phenoxy) is 1. The van der Waals surface area contributed by atoms with Crippen LogP contribution in [-0.2, 0) is 19.6 Å². The second-order valence-corrected chi connectivity index (χ2v) is 5.88. The minimum absolute atomic E-state index is 0.169. The number of carbonyl (C=O) groups excluding carboxylic acids is 1. The molecule has 19 heavy (non-hydrogen) atoms. The first-order chi connectivity index (χ1) is 8.97. The van der Waals surface area contributed by atoms with E-state index in [1.54, 1.807) is 6.92 Å². The Labute approximate surface area is 112 Å². The molecule has 7 nitrogen and oxygen atoms in total. The van der Waals surface area contributed by atoms with Crippen molar-refractivity contribution in [1.82, 2.24) is 14.9 Å². The van der Waals surface area contributed by atoms with Crippen molar-refractivity contribution in [2.75, 3.05) is 13.7 Å². The Hall–Kier alpha value is -1.41. The van der Waals surface area contributed by atoms with Crippen LogP contribution in [0.3, 0.4) is 0 Å². The highest BCUT2D eigenvalue weighted by Crippen LogP contribution is 2.10. The molecule has 0 bridgehead atoms. The molecule has 0 amide bonds. The quantitative estimate of drug-likeness (QED) is 0.542. The molecule has 0 aromatic carbocycles. The van der Waals surface area contributed by atoms with Crippen LogP contribution in [-0.4, -0.2) is 38.2 Å². The second kappa shape index (κ2) is 7.25. The summed E-state index contributed by atoms with van der Waals surface area (Å²) in [5.41, 5.74) is 0.512. The Morgan fingerprint density at radius 3 is 2.74 bits per heavy atom. The minimum atomic E-state index is -3.49. The molecule has 0 aliphatic heterocycles. The highest BCUT2D eigenvalue weighted by Gasteiger charge is 2.17. The third-order valence-corrected chi connectivity index (χ3v) is 4.23. The first kappa shape index (κ1) is 15.6. The van der Waals surface area contributed by atoms with E-state index in [2.05, 4.69) is 19.7 Å². The van der Waals surface area contributed by atoms with Crippen LogP contribution in [0.15, 0.2) is 11.1 Å². The smallest absolute Gasteiger partial charge is 0.305 e. The molecule has 0 saturated heterocycles. The molecule has 0 aliphatic rings. The van der Waals surface area contributed by atoms with Gasteiger partial charge in [0.15, 0.2) is 0 Å². The summed E-state index contributed by atoms with van der Waals surface area (Å²) in [7, 11) is -2.14. The summed E-state index contributed by atoms with van der Waals surface area (Å²) in [5.74, 6) is -0.241. The Kier molecular flexibility index (Phi) is 5.97. The topological polar surface area (TPSA) is 101 Å². The molecule has 8 heteroatoms. The second-order valence-electron chi connectivity index (χ2n) is 4.14. The molecule has 0 saturated carbocycles. The van der Waals surface area contributed by atoms with Crippen LogP contribution >= 0.6 is 0 Å². The Balaban J connectivity index is 2.26. The zero-order chi connectivity index (χ0) is 14.3. The van der Waals surface area contributed by atoms with Gasteiger partial charge in [0.05, 0.1) is 19.0 Å². The molecule has 0 spiro atoms. The lowest BCUT2D eigenvalue weighted by molar-refractivity contribution is -0.140. The molecule has 2 N–H and O–H groups in total. The van der Waals surface area contributed by atoms with E-state index in [0.29, 0.717) is 31.5 Å². The zero-order valence-electron chi connectivity index (χ0n) is 11.1. The number of sulfonamides is 1. The van der Waals surface area contributed by atoms with Crippen LogP contribution in [0.2, 0.25) is 0 Å². The summed E-state index contributed by atoms with van der Waals surface area (Å²) >= 11 is 0. The molecule has 1 rings (SSSR count). The average Bonchev–Trinajstić information content (AvgIpc) is 2.80. The van der Waals surface area contributed by atoms with Crippen molar-refractivity contribution >= 4 is 16.0 Å². The van der Waals surface area contributed by atoms with Gasteiger partial charge in [0.2, 0.25) is 10.0 Å². The number of hydrogen-bond acceptors (Lipinski definition) is 5. The summed E-state index contributed by atoms with van der Waals surface area (Å²) in [6, 6.07) is 0. The van der Waals surface area contributed by atoms with Crippen molar-refractivity contribution < 1.29 is 17.9 Å². The Bertz CT molecular complexity index is 510. The molecule has 1 aromatic rings. The van der Waals surface area contributed by atoms with Gasteiger partial charge in [-0.3, -0.25) is 9.89 Å². The van der Waals surface area contributed by atoms with E-state index in [9.17, 15) is 13.2 Å². The van der Waals surface area contributed by atoms with Gasteiger partial charge in [-0.05, 0) is 19.8 Å². The first-order valence-electron chi connectivity index (χ1n) is 6.04. The maximum Gasteiger partial charge on any atom is 0.305 e. The molecular formula is C11H19N3O4S. The summed E-state index contributed by atoms with van der Waals surface area (Å²) in [4.78, 5) is 11.0. The van der Waals surface area contributed by atoms with Crippen LogP contribution < -0.4 is 4.72 Å². The molecule has 1 aromatic heterocycles. The van der Waals surface area contributed by atoms with Gasteiger partial charge in [-0.15, -0.1) is 0 Å². The van der Waals surface area contributed by atoms with E-state index in [0.717, 1.165) is 6.42 Å². The van der Waals surface area contributed by atoms with Gasteiger partial charge in [-0.1, -0.05) is 6.42 Å². The number of unbranched alkanes of at least 4 members (excludes halogenated alkanes) is 2. The molecule has 0 atom stereocenters. The van der Waals surface area contributed by atoms with E-state index >= 15 is 0 Å². The van der Waals surface area contributed by atoms with E-state index in [1.165, 1.54) is 13.3 Å². The van der Waals surface area contributed by atoms with Gasteiger partial charge in [-0.2, -0.15) is 5.10 Å². The third-order valence-electron chi connectivity index (χ3n) is 2.65. The van der Waals surface area contributed by atoms with Crippen LogP contribution in [0.5, 0.6) is 0 Å². The summed E-state index contributed by atoms with van der Waals surface area (Å²) in [5, 5.41) is 6.26. The number of esters is 1. The number of H-pyrrole nitrogens is 1. The van der Waals surface area contributed by atoms with Gasteiger partial charge < -0.3 is 4.74 Å². The number of aryl methyl sites for hydroxylation is 1. The zero-order valence-corrected chi connectivity index (χ0v) is 11.9. The van der Waals surface area contributed by atoms with Crippen molar-refractivity contribution in [2.45, 2.75) is 37.5 Å². The van der Waals surface area contributed by atoms with E-state index in [-0.39, 0.29) is 10.9 Å². The molecule has 0 unspecified atom stereocenters. The van der Waals surface area contributed by atoms with Crippen molar-refractivity contribution in [3.63, 3.8) is 0 Å². The van der Waals surface area contributed by atoms with Gasteiger partial charge in [0.25, 0.3) is 0 Å². The molecule has 0 aliphatic carbocycles. The Morgan fingerprint density at radius 2 is 2.16 bits per heavy atom. The molecule has 0 fully saturated rings. The fourth-order valence-electron chi connectivity index (χ4n) is 1.57. The SMILES string of the molecule is COC(=O)CCCCCNS(=O)(=O)c1cn[nH]c1C. The molecule has 0 radical (unpaired) electrons. The van der Waals surface area contributed by atoms with Crippen LogP contribution in [0, 0.1) is 6.92 Å². The van der Waals surface area contributed by atoms with Crippen molar-refractivity contribution in [1.29, 1.82) is 0 Å². The largest absolute Gasteiger partial charge is 0.469 e. The Morgan fingerprint density at radius 1 is 1.42 bits per heavy atom. The first-order valence-corrected chi connectivity index (χ1v) is 7.52. The van der Waals surface area contributed by atoms with E-state index in [1.807, 2.05) is 0 Å². The van der Waals surface area contributed by atoms with Crippen molar-refractivity contribution in [3.8, 4) is 0 Å². The number of rotatable bonds is 8. The minimum Gasteiger partial charge on any atom is -0.469 e. The highest BCUT2D eigenvalue weighted by molar-refractivity contribution is 7.89. The highest BCUT2D eigenvalue weighted by atomic mass is 32.2. The van der Waals surface area contributed by atoms with Crippen LogP contribution in [0.1, 0.15) is 31.4 Å². The predicted octanol–water partition coefficient (Wildman–Crippen LogP) is 0.730. The van der Waals surface area contributed by atoms with Gasteiger partial charge in [0.1, 0.15) is 4.90 Å². The summed E-state index contributed by atoms with van der Waals surface area (Å²) in [6.45, 7) is 1.99. The normalized spacial score (nSPS) is 11.5. The maximum atomic E-state index is 11.9. The summed E-state index contributed by atoms with van der Waals surface area (Å²) in [6.07, 6.45) is 3.78. The van der Waals surface area contributed by atoms with E-state index < -0.39 is 10.0 Å². The lowest BCUT2D eigenvalue weighted by atomic mass is 10.2. The fraction of sp³-hybridized carbons (Fsp3) is 0.636. The molecule has 1 heterocycles. The summed E-state index contributed by atoms with van der Waals surface area (Å²) < 4.78 is 30.7. The lowest BCUT2D eigenvalue weighted by Crippen LogP contribution is -2.25. The number of aromatic nitrogens is 2. The standard InChI is InChI=1S/C11H19N3O4S/c1-9-10(8-12-14-9)19(16,17)13-7-5-3-4-6-11(15)18-2/h8,13H,3-7H2,1-2H3,(H,12,14). The number of carbonyl (C=O) groups is 1. The number of aromatic amines is 1. The van der Waals surface area contributed by atoms with Crippen LogP contribution in [0.25, 0.3) is 0 Å². The third kappa shape index (κ3) is 4.99. The molecular weight excluding hydrogens is 270 g/mol. The number of hydrogen-bond donors (Lipinski definition) is 2. The monoisotopic (exact) mass is 289 g/mol. The van der Waals surface area contributed by atoms with Crippen LogP contribution in [0.4, 0.5) is 0 Å². The average molecular weight is 289 g/mol. The van der Waals surface area contributed by atoms with Crippen molar-refractivity contribution in [2.24, 2.45) is 0 Å². The number of nitrogens with one attached hydrogen (secondary N) is 2. The van der Waals surface area contributed by atoms with Crippen molar-refractivity contribution in [3.05, 3.63) is 11.9 Å². The van der Waals surface area contributed by atoms with Gasteiger partial charge >= 0.3 is 5.97 Å². The van der Waals surface area contributed by atoms with Gasteiger partial charge in [0, 0.05) is 13.0 Å². The number of methoxy groups -OCH3 is 1. The maximum absolute atomic E-state index is 11.9. The van der Waals surface area contributed by atoms with Gasteiger partial charge in [-0.25, -0.2) is 13.1 Å².